The fourth-order valence-corrected chi connectivity index (χ4v) is 3.15. The fraction of sp³-hybridized carbons (Fsp3) is 0.318. The number of hydrogen-bond acceptors (Lipinski definition) is 4. The first-order valence-electron chi connectivity index (χ1n) is 9.32. The molecule has 28 heavy (non-hydrogen) atoms. The van der Waals surface area contributed by atoms with E-state index in [0.717, 1.165) is 23.2 Å². The predicted octanol–water partition coefficient (Wildman–Crippen LogP) is 2.94. The number of esters is 1. The van der Waals surface area contributed by atoms with Gasteiger partial charge in [-0.05, 0) is 48.7 Å². The number of hydrogen-bond donors (Lipinski definition) is 0. The van der Waals surface area contributed by atoms with E-state index in [1.165, 1.54) is 4.90 Å². The quantitative estimate of drug-likeness (QED) is 0.723. The number of anilines is 1. The molecule has 3 rings (SSSR count). The first kappa shape index (κ1) is 19.6. The molecule has 6 heteroatoms. The molecule has 1 aliphatic rings. The fourth-order valence-electron chi connectivity index (χ4n) is 3.15. The van der Waals surface area contributed by atoms with E-state index in [-0.39, 0.29) is 18.4 Å². The lowest BCUT2D eigenvalue weighted by Crippen LogP contribution is -2.31. The van der Waals surface area contributed by atoms with Crippen LogP contribution in [0.3, 0.4) is 0 Å². The maximum Gasteiger partial charge on any atom is 0.338 e. The first-order chi connectivity index (χ1) is 13.5. The van der Waals surface area contributed by atoms with Gasteiger partial charge >= 0.3 is 5.97 Å². The number of aryl methyl sites for hydroxylation is 1. The topological polar surface area (TPSA) is 66.9 Å². The van der Waals surface area contributed by atoms with Gasteiger partial charge in [0, 0.05) is 32.2 Å². The van der Waals surface area contributed by atoms with Gasteiger partial charge in [-0.15, -0.1) is 0 Å². The van der Waals surface area contributed by atoms with Crippen LogP contribution in [0.1, 0.15) is 34.3 Å². The number of carbonyl (C=O) groups is 3. The van der Waals surface area contributed by atoms with Crippen LogP contribution in [0.5, 0.6) is 0 Å². The van der Waals surface area contributed by atoms with Crippen molar-refractivity contribution in [3.63, 3.8) is 0 Å². The van der Waals surface area contributed by atoms with Crippen molar-refractivity contribution in [2.75, 3.05) is 25.1 Å². The molecule has 2 aromatic carbocycles. The average Bonchev–Trinajstić information content (AvgIpc) is 3.13. The lowest BCUT2D eigenvalue weighted by Gasteiger charge is -2.18. The molecule has 0 unspecified atom stereocenters. The van der Waals surface area contributed by atoms with Gasteiger partial charge in [-0.3, -0.25) is 9.59 Å². The van der Waals surface area contributed by atoms with E-state index < -0.39 is 5.97 Å². The molecule has 0 aliphatic carbocycles. The van der Waals surface area contributed by atoms with Crippen LogP contribution in [0.25, 0.3) is 0 Å². The Labute approximate surface area is 164 Å². The molecule has 1 aliphatic heterocycles. The van der Waals surface area contributed by atoms with Gasteiger partial charge in [0.1, 0.15) is 0 Å². The van der Waals surface area contributed by atoms with Crippen molar-refractivity contribution in [1.29, 1.82) is 0 Å². The highest BCUT2D eigenvalue weighted by Gasteiger charge is 2.22. The molecule has 1 saturated heterocycles. The zero-order valence-electron chi connectivity index (χ0n) is 16.2. The highest BCUT2D eigenvalue weighted by atomic mass is 16.5. The number of likely N-dealkylation sites (N-methyl/N-ethyl adjacent to an activating group) is 1. The summed E-state index contributed by atoms with van der Waals surface area (Å²) in [5.74, 6) is -0.731. The molecule has 2 aromatic rings. The Hall–Kier alpha value is -3.15. The largest absolute Gasteiger partial charge is 0.452 e. The standard InChI is InChI=1S/C22H24N2O4/c1-16-6-3-4-7-18(16)14-23(2)21(26)15-28-22(27)17-9-11-19(12-10-17)24-13-5-8-20(24)25/h3-4,6-7,9-12H,5,8,13-15H2,1-2H3. The Kier molecular flexibility index (Phi) is 6.09. The van der Waals surface area contributed by atoms with Crippen LogP contribution in [0.4, 0.5) is 5.69 Å². The third-order valence-electron chi connectivity index (χ3n) is 4.91. The molecule has 1 fully saturated rings. The van der Waals surface area contributed by atoms with Crippen LogP contribution < -0.4 is 4.90 Å². The molecular weight excluding hydrogens is 356 g/mol. The van der Waals surface area contributed by atoms with Crippen molar-refractivity contribution in [3.05, 3.63) is 65.2 Å². The molecule has 146 valence electrons. The van der Waals surface area contributed by atoms with E-state index in [1.807, 2.05) is 31.2 Å². The van der Waals surface area contributed by atoms with Crippen LogP contribution in [-0.2, 0) is 20.9 Å². The summed E-state index contributed by atoms with van der Waals surface area (Å²) in [5, 5.41) is 0. The minimum absolute atomic E-state index is 0.0950. The van der Waals surface area contributed by atoms with Gasteiger partial charge in [0.2, 0.25) is 5.91 Å². The van der Waals surface area contributed by atoms with E-state index in [4.69, 9.17) is 4.74 Å². The van der Waals surface area contributed by atoms with Crippen molar-refractivity contribution >= 4 is 23.5 Å². The van der Waals surface area contributed by atoms with Gasteiger partial charge < -0.3 is 14.5 Å². The predicted molar refractivity (Wildman–Crippen MR) is 106 cm³/mol. The summed E-state index contributed by atoms with van der Waals surface area (Å²) in [6, 6.07) is 14.5. The van der Waals surface area contributed by atoms with Crippen molar-refractivity contribution in [3.8, 4) is 0 Å². The smallest absolute Gasteiger partial charge is 0.338 e. The Morgan fingerprint density at radius 3 is 2.46 bits per heavy atom. The van der Waals surface area contributed by atoms with Crippen LogP contribution in [0, 0.1) is 6.92 Å². The van der Waals surface area contributed by atoms with E-state index in [2.05, 4.69) is 0 Å². The number of nitrogens with zero attached hydrogens (tertiary/aromatic N) is 2. The Morgan fingerprint density at radius 1 is 1.11 bits per heavy atom. The maximum atomic E-state index is 12.3. The average molecular weight is 380 g/mol. The Bertz CT molecular complexity index is 876. The SMILES string of the molecule is Cc1ccccc1CN(C)C(=O)COC(=O)c1ccc(N2CCCC2=O)cc1. The molecule has 0 radical (unpaired) electrons. The van der Waals surface area contributed by atoms with Crippen molar-refractivity contribution in [1.82, 2.24) is 4.90 Å². The van der Waals surface area contributed by atoms with Gasteiger partial charge in [0.25, 0.3) is 5.91 Å². The summed E-state index contributed by atoms with van der Waals surface area (Å²) in [4.78, 5) is 39.5. The number of ether oxygens (including phenoxy) is 1. The second-order valence-electron chi connectivity index (χ2n) is 6.95. The van der Waals surface area contributed by atoms with E-state index in [9.17, 15) is 14.4 Å². The number of rotatable bonds is 6. The van der Waals surface area contributed by atoms with Crippen molar-refractivity contribution in [2.45, 2.75) is 26.3 Å². The summed E-state index contributed by atoms with van der Waals surface area (Å²) in [6.07, 6.45) is 1.41. The number of benzene rings is 2. The third kappa shape index (κ3) is 4.57. The van der Waals surface area contributed by atoms with Crippen LogP contribution in [0.15, 0.2) is 48.5 Å². The molecule has 0 spiro atoms. The van der Waals surface area contributed by atoms with Crippen molar-refractivity contribution in [2.24, 2.45) is 0 Å². The highest BCUT2D eigenvalue weighted by molar-refractivity contribution is 5.96. The van der Waals surface area contributed by atoms with Gasteiger partial charge in [-0.1, -0.05) is 24.3 Å². The van der Waals surface area contributed by atoms with E-state index >= 15 is 0 Å². The molecule has 6 nitrogen and oxygen atoms in total. The normalized spacial score (nSPS) is 13.5. The zero-order valence-corrected chi connectivity index (χ0v) is 16.2. The monoisotopic (exact) mass is 380 g/mol. The molecule has 2 amide bonds. The summed E-state index contributed by atoms with van der Waals surface area (Å²) in [7, 11) is 1.68. The minimum Gasteiger partial charge on any atom is -0.452 e. The molecule has 0 N–H and O–H groups in total. The van der Waals surface area contributed by atoms with Gasteiger partial charge in [0.15, 0.2) is 6.61 Å². The van der Waals surface area contributed by atoms with Gasteiger partial charge in [0.05, 0.1) is 5.56 Å². The van der Waals surface area contributed by atoms with Gasteiger partial charge in [-0.2, -0.15) is 0 Å². The molecule has 0 bridgehead atoms. The van der Waals surface area contributed by atoms with E-state index in [0.29, 0.717) is 25.1 Å². The Morgan fingerprint density at radius 2 is 1.82 bits per heavy atom. The second kappa shape index (κ2) is 8.69. The van der Waals surface area contributed by atoms with Crippen LogP contribution in [-0.4, -0.2) is 42.9 Å². The molecular formula is C22H24N2O4. The molecule has 1 heterocycles. The number of amides is 2. The van der Waals surface area contributed by atoms with Crippen LogP contribution in [0.2, 0.25) is 0 Å². The first-order valence-corrected chi connectivity index (χ1v) is 9.32. The molecule has 0 atom stereocenters. The van der Waals surface area contributed by atoms with Crippen LogP contribution >= 0.6 is 0 Å². The lowest BCUT2D eigenvalue weighted by atomic mass is 10.1. The summed E-state index contributed by atoms with van der Waals surface area (Å²) in [6.45, 7) is 2.84. The van der Waals surface area contributed by atoms with Gasteiger partial charge in [-0.25, -0.2) is 4.79 Å². The minimum atomic E-state index is -0.558. The summed E-state index contributed by atoms with van der Waals surface area (Å²) in [5.41, 5.74) is 3.28. The maximum absolute atomic E-state index is 12.3. The third-order valence-corrected chi connectivity index (χ3v) is 4.91. The molecule has 0 aromatic heterocycles. The zero-order chi connectivity index (χ0) is 20.1. The van der Waals surface area contributed by atoms with E-state index in [1.54, 1.807) is 36.2 Å². The second-order valence-corrected chi connectivity index (χ2v) is 6.95. The molecule has 0 saturated carbocycles. The highest BCUT2D eigenvalue weighted by Crippen LogP contribution is 2.21. The summed E-state index contributed by atoms with van der Waals surface area (Å²) >= 11 is 0. The summed E-state index contributed by atoms with van der Waals surface area (Å²) < 4.78 is 5.15. The van der Waals surface area contributed by atoms with Crippen molar-refractivity contribution < 1.29 is 19.1 Å². The lowest BCUT2D eigenvalue weighted by molar-refractivity contribution is -0.133. The number of carbonyl (C=O) groups excluding carboxylic acids is 3. The Balaban J connectivity index is 1.52.